The minimum atomic E-state index is -3.50. The third kappa shape index (κ3) is 4.62. The van der Waals surface area contributed by atoms with Gasteiger partial charge in [-0.1, -0.05) is 13.0 Å². The molecule has 24 heavy (non-hydrogen) atoms. The maximum atomic E-state index is 12.4. The third-order valence-corrected chi connectivity index (χ3v) is 5.08. The summed E-state index contributed by atoms with van der Waals surface area (Å²) in [5.74, 6) is -0.154. The van der Waals surface area contributed by atoms with Gasteiger partial charge in [0.05, 0.1) is 4.90 Å². The SMILES string of the molecule is CCNS(=O)(=O)c1ccc(C(=O)N(C)CCc2ccccn2)cc1. The molecule has 1 heterocycles. The van der Waals surface area contributed by atoms with Crippen molar-refractivity contribution in [1.29, 1.82) is 0 Å². The fourth-order valence-corrected chi connectivity index (χ4v) is 3.24. The molecule has 1 N–H and O–H groups in total. The zero-order valence-corrected chi connectivity index (χ0v) is 14.6. The van der Waals surface area contributed by atoms with Gasteiger partial charge in [-0.05, 0) is 36.4 Å². The Balaban J connectivity index is 2.01. The van der Waals surface area contributed by atoms with Crippen LogP contribution < -0.4 is 4.72 Å². The van der Waals surface area contributed by atoms with Crippen molar-refractivity contribution in [3.63, 3.8) is 0 Å². The number of carbonyl (C=O) groups excluding carboxylic acids is 1. The summed E-state index contributed by atoms with van der Waals surface area (Å²) in [6.45, 7) is 2.57. The molecule has 1 amide bonds. The van der Waals surface area contributed by atoms with Gasteiger partial charge in [0.25, 0.3) is 5.91 Å². The monoisotopic (exact) mass is 347 g/mol. The molecule has 0 bridgehead atoms. The summed E-state index contributed by atoms with van der Waals surface area (Å²) in [7, 11) is -1.79. The van der Waals surface area contributed by atoms with Crippen LogP contribution in [-0.2, 0) is 16.4 Å². The summed E-state index contributed by atoms with van der Waals surface area (Å²) in [6.07, 6.45) is 2.39. The average Bonchev–Trinajstić information content (AvgIpc) is 2.60. The maximum Gasteiger partial charge on any atom is 0.253 e. The lowest BCUT2D eigenvalue weighted by molar-refractivity contribution is 0.0796. The predicted molar refractivity (Wildman–Crippen MR) is 92.2 cm³/mol. The van der Waals surface area contributed by atoms with E-state index >= 15 is 0 Å². The highest BCUT2D eigenvalue weighted by atomic mass is 32.2. The van der Waals surface area contributed by atoms with Crippen molar-refractivity contribution in [2.75, 3.05) is 20.1 Å². The molecule has 0 spiro atoms. The molecular formula is C17H21N3O3S. The van der Waals surface area contributed by atoms with E-state index in [-0.39, 0.29) is 10.8 Å². The summed E-state index contributed by atoms with van der Waals surface area (Å²) >= 11 is 0. The number of aromatic nitrogens is 1. The molecule has 2 aromatic rings. The van der Waals surface area contributed by atoms with Crippen LogP contribution in [0, 0.1) is 0 Å². The van der Waals surface area contributed by atoms with Crippen molar-refractivity contribution in [1.82, 2.24) is 14.6 Å². The molecule has 0 saturated carbocycles. The molecule has 1 aromatic carbocycles. The maximum absolute atomic E-state index is 12.4. The summed E-state index contributed by atoms with van der Waals surface area (Å²) in [5.41, 5.74) is 1.37. The second kappa shape index (κ2) is 8.03. The van der Waals surface area contributed by atoms with Crippen LogP contribution in [0.5, 0.6) is 0 Å². The molecule has 7 heteroatoms. The van der Waals surface area contributed by atoms with Crippen molar-refractivity contribution in [2.24, 2.45) is 0 Å². The number of carbonyl (C=O) groups is 1. The van der Waals surface area contributed by atoms with Gasteiger partial charge in [-0.3, -0.25) is 9.78 Å². The van der Waals surface area contributed by atoms with Crippen molar-refractivity contribution in [3.05, 3.63) is 59.9 Å². The Morgan fingerprint density at radius 3 is 2.46 bits per heavy atom. The molecule has 0 atom stereocenters. The zero-order valence-electron chi connectivity index (χ0n) is 13.8. The van der Waals surface area contributed by atoms with E-state index < -0.39 is 10.0 Å². The molecule has 0 fully saturated rings. The Morgan fingerprint density at radius 1 is 1.17 bits per heavy atom. The van der Waals surface area contributed by atoms with Gasteiger partial charge in [0.1, 0.15) is 0 Å². The summed E-state index contributed by atoms with van der Waals surface area (Å²) < 4.78 is 26.2. The van der Waals surface area contributed by atoms with E-state index in [2.05, 4.69) is 9.71 Å². The zero-order chi connectivity index (χ0) is 17.6. The van der Waals surface area contributed by atoms with Gasteiger partial charge in [0.2, 0.25) is 10.0 Å². The van der Waals surface area contributed by atoms with E-state index in [1.54, 1.807) is 25.1 Å². The Morgan fingerprint density at radius 2 is 1.88 bits per heavy atom. The Kier molecular flexibility index (Phi) is 6.05. The topological polar surface area (TPSA) is 79.4 Å². The van der Waals surface area contributed by atoms with Gasteiger partial charge in [0, 0.05) is 44.0 Å². The highest BCUT2D eigenvalue weighted by molar-refractivity contribution is 7.89. The smallest absolute Gasteiger partial charge is 0.253 e. The van der Waals surface area contributed by atoms with E-state index in [0.29, 0.717) is 25.1 Å². The summed E-state index contributed by atoms with van der Waals surface area (Å²) in [4.78, 5) is 18.4. The normalized spacial score (nSPS) is 11.2. The van der Waals surface area contributed by atoms with Crippen LogP contribution in [0.25, 0.3) is 0 Å². The molecule has 0 radical (unpaired) electrons. The van der Waals surface area contributed by atoms with Crippen LogP contribution in [0.1, 0.15) is 23.0 Å². The first-order chi connectivity index (χ1) is 11.4. The number of benzene rings is 1. The number of hydrogen-bond acceptors (Lipinski definition) is 4. The summed E-state index contributed by atoms with van der Waals surface area (Å²) in [6, 6.07) is 11.6. The molecule has 128 valence electrons. The lowest BCUT2D eigenvalue weighted by Crippen LogP contribution is -2.29. The second-order valence-electron chi connectivity index (χ2n) is 5.32. The molecule has 1 aromatic heterocycles. The van der Waals surface area contributed by atoms with Crippen LogP contribution in [0.2, 0.25) is 0 Å². The minimum absolute atomic E-state index is 0.150. The highest BCUT2D eigenvalue weighted by Gasteiger charge is 2.15. The van der Waals surface area contributed by atoms with E-state index in [0.717, 1.165) is 5.69 Å². The van der Waals surface area contributed by atoms with Crippen LogP contribution in [0.3, 0.4) is 0 Å². The molecule has 0 saturated heterocycles. The number of likely N-dealkylation sites (N-methyl/N-ethyl adjacent to an activating group) is 1. The van der Waals surface area contributed by atoms with E-state index in [4.69, 9.17) is 0 Å². The highest BCUT2D eigenvalue weighted by Crippen LogP contribution is 2.12. The van der Waals surface area contributed by atoms with Gasteiger partial charge >= 0.3 is 0 Å². The second-order valence-corrected chi connectivity index (χ2v) is 7.09. The lowest BCUT2D eigenvalue weighted by Gasteiger charge is -2.17. The number of nitrogens with one attached hydrogen (secondary N) is 1. The Hall–Kier alpha value is -2.25. The summed E-state index contributed by atoms with van der Waals surface area (Å²) in [5, 5.41) is 0. The molecule has 0 unspecified atom stereocenters. The van der Waals surface area contributed by atoms with Gasteiger partial charge in [0.15, 0.2) is 0 Å². The predicted octanol–water partition coefficient (Wildman–Crippen LogP) is 1.69. The Labute approximate surface area is 142 Å². The number of amides is 1. The first kappa shape index (κ1) is 18.1. The van der Waals surface area contributed by atoms with Gasteiger partial charge in [-0.2, -0.15) is 0 Å². The quantitative estimate of drug-likeness (QED) is 0.827. The Bertz CT molecular complexity index is 774. The van der Waals surface area contributed by atoms with Crippen LogP contribution in [0.15, 0.2) is 53.6 Å². The number of hydrogen-bond donors (Lipinski definition) is 1. The van der Waals surface area contributed by atoms with Crippen molar-refractivity contribution >= 4 is 15.9 Å². The fourth-order valence-electron chi connectivity index (χ4n) is 2.20. The molecule has 0 aliphatic heterocycles. The third-order valence-electron chi connectivity index (χ3n) is 3.52. The standard InChI is InChI=1S/C17H21N3O3S/c1-3-19-24(22,23)16-9-7-14(8-10-16)17(21)20(2)13-11-15-6-4-5-12-18-15/h4-10,12,19H,3,11,13H2,1-2H3. The first-order valence-electron chi connectivity index (χ1n) is 7.69. The number of rotatable bonds is 7. The van der Waals surface area contributed by atoms with Crippen LogP contribution in [0.4, 0.5) is 0 Å². The molecule has 2 rings (SSSR count). The number of sulfonamides is 1. The minimum Gasteiger partial charge on any atom is -0.341 e. The van der Waals surface area contributed by atoms with Gasteiger partial charge in [-0.15, -0.1) is 0 Å². The van der Waals surface area contributed by atoms with Crippen molar-refractivity contribution < 1.29 is 13.2 Å². The molecule has 6 nitrogen and oxygen atoms in total. The van der Waals surface area contributed by atoms with Crippen LogP contribution in [-0.4, -0.2) is 44.3 Å². The lowest BCUT2D eigenvalue weighted by atomic mass is 10.2. The van der Waals surface area contributed by atoms with Crippen LogP contribution >= 0.6 is 0 Å². The molecule has 0 aliphatic carbocycles. The number of nitrogens with zero attached hydrogens (tertiary/aromatic N) is 2. The van der Waals surface area contributed by atoms with Gasteiger partial charge in [-0.25, -0.2) is 13.1 Å². The fraction of sp³-hybridized carbons (Fsp3) is 0.294. The largest absolute Gasteiger partial charge is 0.341 e. The van der Waals surface area contributed by atoms with Gasteiger partial charge < -0.3 is 4.90 Å². The van der Waals surface area contributed by atoms with Crippen molar-refractivity contribution in [2.45, 2.75) is 18.2 Å². The molecule has 0 aliphatic rings. The number of pyridine rings is 1. The van der Waals surface area contributed by atoms with Crippen molar-refractivity contribution in [3.8, 4) is 0 Å². The first-order valence-corrected chi connectivity index (χ1v) is 9.17. The molecular weight excluding hydrogens is 326 g/mol. The van der Waals surface area contributed by atoms with E-state index in [1.807, 2.05) is 18.2 Å². The van der Waals surface area contributed by atoms with E-state index in [1.165, 1.54) is 24.3 Å². The average molecular weight is 347 g/mol. The van der Waals surface area contributed by atoms with E-state index in [9.17, 15) is 13.2 Å².